The van der Waals surface area contributed by atoms with Crippen LogP contribution in [-0.2, 0) is 4.79 Å². The predicted molar refractivity (Wildman–Crippen MR) is 130 cm³/mol. The molecule has 3 heterocycles. The molecule has 7 heteroatoms. The molecule has 2 aromatic heterocycles. The van der Waals surface area contributed by atoms with Crippen LogP contribution >= 0.6 is 11.3 Å². The van der Waals surface area contributed by atoms with Crippen LogP contribution < -0.4 is 5.32 Å². The minimum absolute atomic E-state index is 0.0392. The molecule has 32 heavy (non-hydrogen) atoms. The van der Waals surface area contributed by atoms with Crippen molar-refractivity contribution in [2.75, 3.05) is 32.7 Å². The van der Waals surface area contributed by atoms with Crippen molar-refractivity contribution >= 4 is 34.2 Å². The number of hydrogen-bond donors (Lipinski definition) is 2. The van der Waals surface area contributed by atoms with Crippen LogP contribution in [0.15, 0.2) is 48.0 Å². The van der Waals surface area contributed by atoms with Gasteiger partial charge in [0.25, 0.3) is 0 Å². The lowest BCUT2D eigenvalue weighted by Crippen LogP contribution is -2.48. The van der Waals surface area contributed by atoms with Crippen LogP contribution in [-0.4, -0.2) is 59.4 Å². The fourth-order valence-electron chi connectivity index (χ4n) is 4.61. The average Bonchev–Trinajstić information content (AvgIpc) is 3.51. The molecule has 1 aliphatic heterocycles. The Kier molecular flexibility index (Phi) is 7.15. The Morgan fingerprint density at radius 1 is 1.16 bits per heavy atom. The summed E-state index contributed by atoms with van der Waals surface area (Å²) in [6.45, 7) is 7.29. The van der Waals surface area contributed by atoms with E-state index in [4.69, 9.17) is 0 Å². The summed E-state index contributed by atoms with van der Waals surface area (Å²) in [5.41, 5.74) is 2.32. The number of nitrogens with zero attached hydrogens (tertiary/aromatic N) is 2. The van der Waals surface area contributed by atoms with Crippen molar-refractivity contribution in [3.8, 4) is 0 Å². The number of urea groups is 1. The van der Waals surface area contributed by atoms with E-state index in [1.807, 2.05) is 29.7 Å². The van der Waals surface area contributed by atoms with E-state index < -0.39 is 0 Å². The maximum atomic E-state index is 13.0. The quantitative estimate of drug-likeness (QED) is 0.548. The van der Waals surface area contributed by atoms with Crippen LogP contribution in [0.1, 0.15) is 43.0 Å². The van der Waals surface area contributed by atoms with Crippen molar-refractivity contribution in [1.29, 1.82) is 0 Å². The SMILES string of the molecule is CCN(CC)C(=O)N1CCC(C(=O)NCC(c2cccs2)c2c[nH]c3ccccc23)CC1. The summed E-state index contributed by atoms with van der Waals surface area (Å²) >= 11 is 1.72. The van der Waals surface area contributed by atoms with E-state index in [0.29, 0.717) is 32.7 Å². The van der Waals surface area contributed by atoms with Gasteiger partial charge in [0.2, 0.25) is 5.91 Å². The first-order chi connectivity index (χ1) is 15.6. The minimum atomic E-state index is -0.0392. The van der Waals surface area contributed by atoms with E-state index in [-0.39, 0.29) is 23.8 Å². The number of aromatic amines is 1. The number of amides is 3. The lowest BCUT2D eigenvalue weighted by atomic mass is 9.94. The van der Waals surface area contributed by atoms with Crippen molar-refractivity contribution < 1.29 is 9.59 Å². The first-order valence-electron chi connectivity index (χ1n) is 11.5. The maximum absolute atomic E-state index is 13.0. The number of hydrogen-bond acceptors (Lipinski definition) is 3. The smallest absolute Gasteiger partial charge is 0.319 e. The monoisotopic (exact) mass is 452 g/mol. The molecular formula is C25H32N4O2S. The molecule has 170 valence electrons. The Balaban J connectivity index is 1.39. The Hall–Kier alpha value is -2.80. The van der Waals surface area contributed by atoms with Gasteiger partial charge in [0.15, 0.2) is 0 Å². The zero-order valence-electron chi connectivity index (χ0n) is 18.8. The van der Waals surface area contributed by atoms with Crippen LogP contribution in [0, 0.1) is 5.92 Å². The summed E-state index contributed by atoms with van der Waals surface area (Å²) in [6.07, 6.45) is 3.50. The first kappa shape index (κ1) is 22.4. The normalized spacial score (nSPS) is 15.6. The molecule has 1 unspecified atom stereocenters. The molecule has 2 N–H and O–H groups in total. The van der Waals surface area contributed by atoms with Gasteiger partial charge in [-0.1, -0.05) is 24.3 Å². The Labute approximate surface area is 193 Å². The number of thiophene rings is 1. The number of carbonyl (C=O) groups is 2. The highest BCUT2D eigenvalue weighted by Crippen LogP contribution is 2.33. The van der Waals surface area contributed by atoms with E-state index >= 15 is 0 Å². The van der Waals surface area contributed by atoms with E-state index in [2.05, 4.69) is 52.2 Å². The number of benzene rings is 1. The minimum Gasteiger partial charge on any atom is -0.361 e. The summed E-state index contributed by atoms with van der Waals surface area (Å²) in [5, 5.41) is 6.51. The molecule has 0 aliphatic carbocycles. The summed E-state index contributed by atoms with van der Waals surface area (Å²) < 4.78 is 0. The average molecular weight is 453 g/mol. The maximum Gasteiger partial charge on any atom is 0.319 e. The highest BCUT2D eigenvalue weighted by molar-refractivity contribution is 7.10. The fourth-order valence-corrected chi connectivity index (χ4v) is 5.46. The van der Waals surface area contributed by atoms with Gasteiger partial charge in [0, 0.05) is 66.5 Å². The van der Waals surface area contributed by atoms with Gasteiger partial charge in [0.05, 0.1) is 0 Å². The second-order valence-corrected chi connectivity index (χ2v) is 9.30. The largest absolute Gasteiger partial charge is 0.361 e. The zero-order chi connectivity index (χ0) is 22.5. The van der Waals surface area contributed by atoms with E-state index in [0.717, 1.165) is 18.4 Å². The third-order valence-corrected chi connectivity index (χ3v) is 7.52. The van der Waals surface area contributed by atoms with Crippen molar-refractivity contribution in [1.82, 2.24) is 20.1 Å². The van der Waals surface area contributed by atoms with Gasteiger partial charge < -0.3 is 20.1 Å². The molecule has 0 radical (unpaired) electrons. The van der Waals surface area contributed by atoms with Gasteiger partial charge in [0.1, 0.15) is 0 Å². The van der Waals surface area contributed by atoms with Crippen LogP contribution in [0.5, 0.6) is 0 Å². The molecule has 0 bridgehead atoms. The molecule has 4 rings (SSSR count). The molecule has 3 aromatic rings. The van der Waals surface area contributed by atoms with Gasteiger partial charge >= 0.3 is 6.03 Å². The topological polar surface area (TPSA) is 68.4 Å². The first-order valence-corrected chi connectivity index (χ1v) is 12.4. The van der Waals surface area contributed by atoms with Crippen molar-refractivity contribution in [2.45, 2.75) is 32.6 Å². The second-order valence-electron chi connectivity index (χ2n) is 8.32. The third-order valence-electron chi connectivity index (χ3n) is 6.53. The van der Waals surface area contributed by atoms with Gasteiger partial charge in [-0.05, 0) is 49.8 Å². The summed E-state index contributed by atoms with van der Waals surface area (Å²) in [7, 11) is 0. The molecule has 1 fully saturated rings. The predicted octanol–water partition coefficient (Wildman–Crippen LogP) is 4.65. The highest BCUT2D eigenvalue weighted by atomic mass is 32.1. The number of fused-ring (bicyclic) bond motifs is 1. The highest BCUT2D eigenvalue weighted by Gasteiger charge is 2.29. The van der Waals surface area contributed by atoms with Gasteiger partial charge in [-0.2, -0.15) is 0 Å². The molecular weight excluding hydrogens is 420 g/mol. The van der Waals surface area contributed by atoms with E-state index in [9.17, 15) is 9.59 Å². The number of carbonyl (C=O) groups excluding carboxylic acids is 2. The lowest BCUT2D eigenvalue weighted by molar-refractivity contribution is -0.126. The summed E-state index contributed by atoms with van der Waals surface area (Å²) in [5.74, 6) is 0.170. The molecule has 3 amide bonds. The van der Waals surface area contributed by atoms with Gasteiger partial charge in [-0.15, -0.1) is 11.3 Å². The zero-order valence-corrected chi connectivity index (χ0v) is 19.7. The number of likely N-dealkylation sites (tertiary alicyclic amines) is 1. The van der Waals surface area contributed by atoms with Gasteiger partial charge in [-0.3, -0.25) is 4.79 Å². The summed E-state index contributed by atoms with van der Waals surface area (Å²) in [4.78, 5) is 33.9. The number of para-hydroxylation sites is 1. The third kappa shape index (κ3) is 4.67. The molecule has 1 aromatic carbocycles. The lowest BCUT2D eigenvalue weighted by Gasteiger charge is -2.34. The standard InChI is InChI=1S/C25H32N4O2S/c1-3-28(4-2)25(31)29-13-11-18(12-14-29)24(30)27-17-21(23-10-7-15-32-23)20-16-26-22-9-6-5-8-19(20)22/h5-10,15-16,18,21,26H,3-4,11-14,17H2,1-2H3,(H,27,30). The number of nitrogens with one attached hydrogen (secondary N) is 2. The number of aromatic nitrogens is 1. The Morgan fingerprint density at radius 3 is 2.59 bits per heavy atom. The molecule has 0 saturated carbocycles. The number of piperidine rings is 1. The van der Waals surface area contributed by atoms with Crippen molar-refractivity contribution in [3.05, 3.63) is 58.4 Å². The summed E-state index contributed by atoms with van der Waals surface area (Å²) in [6, 6.07) is 12.6. The number of H-pyrrole nitrogens is 1. The Bertz CT molecular complexity index is 1030. The van der Waals surface area contributed by atoms with E-state index in [1.165, 1.54) is 15.8 Å². The fraction of sp³-hybridized carbons (Fsp3) is 0.440. The number of rotatable bonds is 7. The molecule has 1 aliphatic rings. The Morgan fingerprint density at radius 2 is 1.91 bits per heavy atom. The van der Waals surface area contributed by atoms with Crippen LogP contribution in [0.3, 0.4) is 0 Å². The molecule has 6 nitrogen and oxygen atoms in total. The van der Waals surface area contributed by atoms with Crippen LogP contribution in [0.4, 0.5) is 4.79 Å². The van der Waals surface area contributed by atoms with Crippen LogP contribution in [0.25, 0.3) is 10.9 Å². The molecule has 1 saturated heterocycles. The van der Waals surface area contributed by atoms with Crippen molar-refractivity contribution in [3.63, 3.8) is 0 Å². The molecule has 0 spiro atoms. The van der Waals surface area contributed by atoms with Gasteiger partial charge in [-0.25, -0.2) is 4.79 Å². The molecule has 1 atom stereocenters. The van der Waals surface area contributed by atoms with E-state index in [1.54, 1.807) is 11.3 Å². The van der Waals surface area contributed by atoms with Crippen LogP contribution in [0.2, 0.25) is 0 Å². The second kappa shape index (κ2) is 10.2. The van der Waals surface area contributed by atoms with Crippen molar-refractivity contribution in [2.24, 2.45) is 5.92 Å².